The van der Waals surface area contributed by atoms with E-state index >= 15 is 0 Å². The minimum absolute atomic E-state index is 0.260. The number of hydrogen-bond donors (Lipinski definition) is 1. The van der Waals surface area contributed by atoms with Gasteiger partial charge in [0.15, 0.2) is 0 Å². The second-order valence-electron chi connectivity index (χ2n) is 4.84. The number of hydrogen-bond acceptors (Lipinski definition) is 3. The Morgan fingerprint density at radius 3 is 2.55 bits per heavy atom. The van der Waals surface area contributed by atoms with Gasteiger partial charge in [0.1, 0.15) is 16.7 Å². The van der Waals surface area contributed by atoms with E-state index in [4.69, 9.17) is 16.3 Å². The molecule has 5 heteroatoms. The molecule has 0 aliphatic carbocycles. The Balaban J connectivity index is 2.13. The first-order valence-corrected chi connectivity index (χ1v) is 7.14. The van der Waals surface area contributed by atoms with Crippen LogP contribution in [0.2, 0.25) is 5.15 Å². The van der Waals surface area contributed by atoms with Crippen molar-refractivity contribution < 1.29 is 9.53 Å². The normalized spacial score (nSPS) is 10.7. The number of anilines is 1. The van der Waals surface area contributed by atoms with E-state index < -0.39 is 0 Å². The molecule has 0 aliphatic heterocycles. The predicted octanol–water partition coefficient (Wildman–Crippen LogP) is 4.01. The van der Waals surface area contributed by atoms with Crippen molar-refractivity contribution in [3.63, 3.8) is 0 Å². The minimum Gasteiger partial charge on any atom is -0.497 e. The molecule has 0 fully saturated rings. The van der Waals surface area contributed by atoms with E-state index in [0.717, 1.165) is 22.4 Å². The summed E-state index contributed by atoms with van der Waals surface area (Å²) in [5.74, 6) is 0.967. The molecule has 0 atom stereocenters. The van der Waals surface area contributed by atoms with Crippen LogP contribution in [0, 0.1) is 13.8 Å². The van der Waals surface area contributed by atoms with Crippen LogP contribution in [0.15, 0.2) is 36.4 Å². The third kappa shape index (κ3) is 4.09. The number of amides is 1. The molecule has 1 N–H and O–H groups in total. The van der Waals surface area contributed by atoms with Crippen LogP contribution in [-0.4, -0.2) is 18.0 Å². The number of rotatable bonds is 4. The average Bonchev–Trinajstić information content (AvgIpc) is 2.46. The van der Waals surface area contributed by atoms with Crippen molar-refractivity contribution >= 4 is 29.4 Å². The van der Waals surface area contributed by atoms with E-state index in [1.807, 2.05) is 26.0 Å². The number of nitrogens with one attached hydrogen (secondary N) is 1. The van der Waals surface area contributed by atoms with Crippen molar-refractivity contribution in [2.75, 3.05) is 12.4 Å². The van der Waals surface area contributed by atoms with Gasteiger partial charge >= 0.3 is 0 Å². The fraction of sp³-hybridized carbons (Fsp3) is 0.176. The summed E-state index contributed by atoms with van der Waals surface area (Å²) in [6, 6.07) is 8.93. The van der Waals surface area contributed by atoms with Crippen molar-refractivity contribution in [3.05, 3.63) is 58.3 Å². The average molecular weight is 317 g/mol. The highest BCUT2D eigenvalue weighted by molar-refractivity contribution is 6.29. The van der Waals surface area contributed by atoms with Gasteiger partial charge in [0.25, 0.3) is 0 Å². The van der Waals surface area contributed by atoms with Gasteiger partial charge in [0.05, 0.1) is 7.11 Å². The van der Waals surface area contributed by atoms with Crippen LogP contribution < -0.4 is 10.1 Å². The van der Waals surface area contributed by atoms with Crippen LogP contribution in [0.4, 0.5) is 5.82 Å². The zero-order valence-corrected chi connectivity index (χ0v) is 13.4. The maximum Gasteiger partial charge on any atom is 0.249 e. The minimum atomic E-state index is -0.260. The van der Waals surface area contributed by atoms with Crippen LogP contribution in [0.5, 0.6) is 5.75 Å². The fourth-order valence-corrected chi connectivity index (χ4v) is 2.28. The number of aryl methyl sites for hydroxylation is 2. The summed E-state index contributed by atoms with van der Waals surface area (Å²) in [6.45, 7) is 3.96. The fourth-order valence-electron chi connectivity index (χ4n) is 2.12. The Bertz CT molecular complexity index is 703. The molecular formula is C17H17ClN2O2. The number of carbonyl (C=O) groups is 1. The second-order valence-corrected chi connectivity index (χ2v) is 5.23. The smallest absolute Gasteiger partial charge is 0.249 e. The Morgan fingerprint density at radius 1 is 1.27 bits per heavy atom. The first-order valence-electron chi connectivity index (χ1n) is 6.76. The molecule has 2 aromatic rings. The number of carbonyl (C=O) groups excluding carboxylic acids is 1. The Kier molecular flexibility index (Phi) is 5.17. The maximum atomic E-state index is 11.9. The van der Waals surface area contributed by atoms with Crippen molar-refractivity contribution in [2.45, 2.75) is 13.8 Å². The Labute approximate surface area is 134 Å². The lowest BCUT2D eigenvalue weighted by Crippen LogP contribution is -2.09. The molecule has 2 rings (SSSR count). The highest BCUT2D eigenvalue weighted by atomic mass is 35.5. The van der Waals surface area contributed by atoms with Crippen LogP contribution in [0.25, 0.3) is 6.08 Å². The second kappa shape index (κ2) is 7.09. The molecule has 0 radical (unpaired) electrons. The molecule has 1 aromatic heterocycles. The third-order valence-electron chi connectivity index (χ3n) is 3.17. The van der Waals surface area contributed by atoms with Crippen LogP contribution >= 0.6 is 11.6 Å². The number of methoxy groups -OCH3 is 1. The summed E-state index contributed by atoms with van der Waals surface area (Å²) in [4.78, 5) is 15.9. The lowest BCUT2D eigenvalue weighted by atomic mass is 10.0. The largest absolute Gasteiger partial charge is 0.497 e. The topological polar surface area (TPSA) is 51.2 Å². The quantitative estimate of drug-likeness (QED) is 0.685. The van der Waals surface area contributed by atoms with Crippen LogP contribution in [0.3, 0.4) is 0 Å². The summed E-state index contributed by atoms with van der Waals surface area (Å²) in [7, 11) is 1.63. The van der Waals surface area contributed by atoms with E-state index in [0.29, 0.717) is 11.0 Å². The molecular weight excluding hydrogens is 300 g/mol. The zero-order valence-electron chi connectivity index (χ0n) is 12.7. The van der Waals surface area contributed by atoms with Crippen LogP contribution in [-0.2, 0) is 4.79 Å². The lowest BCUT2D eigenvalue weighted by molar-refractivity contribution is -0.111. The predicted molar refractivity (Wildman–Crippen MR) is 89.4 cm³/mol. The van der Waals surface area contributed by atoms with Crippen molar-refractivity contribution in [1.82, 2.24) is 4.98 Å². The van der Waals surface area contributed by atoms with Crippen molar-refractivity contribution in [3.8, 4) is 5.75 Å². The van der Waals surface area contributed by atoms with E-state index in [1.54, 1.807) is 31.4 Å². The summed E-state index contributed by atoms with van der Waals surface area (Å²) in [5, 5.41) is 3.01. The molecule has 1 amide bonds. The summed E-state index contributed by atoms with van der Waals surface area (Å²) >= 11 is 5.78. The highest BCUT2D eigenvalue weighted by Crippen LogP contribution is 2.22. The van der Waals surface area contributed by atoms with Gasteiger partial charge in [-0.2, -0.15) is 0 Å². The van der Waals surface area contributed by atoms with Gasteiger partial charge in [-0.3, -0.25) is 4.79 Å². The van der Waals surface area contributed by atoms with E-state index in [1.165, 1.54) is 6.08 Å². The zero-order chi connectivity index (χ0) is 16.1. The van der Waals surface area contributed by atoms with E-state index in [2.05, 4.69) is 10.3 Å². The third-order valence-corrected chi connectivity index (χ3v) is 3.38. The number of halogens is 1. The van der Waals surface area contributed by atoms with Gasteiger partial charge in [-0.25, -0.2) is 4.98 Å². The highest BCUT2D eigenvalue weighted by Gasteiger charge is 2.04. The summed E-state index contributed by atoms with van der Waals surface area (Å²) in [6.07, 6.45) is 3.26. The molecule has 0 spiro atoms. The van der Waals surface area contributed by atoms with E-state index in [-0.39, 0.29) is 5.91 Å². The number of benzene rings is 1. The molecule has 0 saturated heterocycles. The van der Waals surface area contributed by atoms with Gasteiger partial charge in [-0.15, -0.1) is 0 Å². The number of pyridine rings is 1. The summed E-state index contributed by atoms with van der Waals surface area (Å²) < 4.78 is 5.22. The molecule has 1 aromatic carbocycles. The molecule has 4 nitrogen and oxygen atoms in total. The standard InChI is InChI=1S/C17H17ClN2O2/c1-11-9-13(22-3)10-12(2)14(11)7-8-17(21)20-16-6-4-5-15(18)19-16/h4-10H,1-3H3,(H,19,20,21)/b8-7+. The Hall–Kier alpha value is -2.33. The molecule has 1 heterocycles. The summed E-state index contributed by atoms with van der Waals surface area (Å²) in [5.41, 5.74) is 3.08. The van der Waals surface area contributed by atoms with Gasteiger partial charge < -0.3 is 10.1 Å². The van der Waals surface area contributed by atoms with Gasteiger partial charge in [0.2, 0.25) is 5.91 Å². The molecule has 0 saturated carbocycles. The van der Waals surface area contributed by atoms with Crippen LogP contribution in [0.1, 0.15) is 16.7 Å². The number of ether oxygens (including phenoxy) is 1. The number of aromatic nitrogens is 1. The van der Waals surface area contributed by atoms with Crippen molar-refractivity contribution in [1.29, 1.82) is 0 Å². The van der Waals surface area contributed by atoms with Gasteiger partial charge in [-0.05, 0) is 60.9 Å². The van der Waals surface area contributed by atoms with Crippen molar-refractivity contribution in [2.24, 2.45) is 0 Å². The first kappa shape index (κ1) is 16.0. The molecule has 0 aliphatic rings. The SMILES string of the molecule is COc1cc(C)c(/C=C/C(=O)Nc2cccc(Cl)n2)c(C)c1. The maximum absolute atomic E-state index is 11.9. The lowest BCUT2D eigenvalue weighted by Gasteiger charge is -2.08. The molecule has 114 valence electrons. The number of nitrogens with zero attached hydrogens (tertiary/aromatic N) is 1. The van der Waals surface area contributed by atoms with E-state index in [9.17, 15) is 4.79 Å². The van der Waals surface area contributed by atoms with Gasteiger partial charge in [-0.1, -0.05) is 17.7 Å². The Morgan fingerprint density at radius 2 is 1.95 bits per heavy atom. The monoisotopic (exact) mass is 316 g/mol. The molecule has 0 unspecified atom stereocenters. The first-order chi connectivity index (χ1) is 10.5. The van der Waals surface area contributed by atoms with Gasteiger partial charge in [0, 0.05) is 6.08 Å². The molecule has 0 bridgehead atoms. The molecule has 22 heavy (non-hydrogen) atoms.